The molecule has 0 aliphatic heterocycles. The van der Waals surface area contributed by atoms with Crippen LogP contribution in [0, 0.1) is 0 Å². The molecule has 0 aliphatic carbocycles. The molecule has 0 N–H and O–H groups in total. The smallest absolute Gasteiger partial charge is 0.159 e. The summed E-state index contributed by atoms with van der Waals surface area (Å²) in [4.78, 5) is 20.6. The third kappa shape index (κ3) is 4.03. The number of Topliss-reactive ketones (excluding diaryl/α,β-unsaturated/α-hetero) is 1. The molecule has 0 saturated heterocycles. The lowest BCUT2D eigenvalue weighted by molar-refractivity contribution is -0.113. The second-order valence-electron chi connectivity index (χ2n) is 2.11. The summed E-state index contributed by atoms with van der Waals surface area (Å²) in [5.41, 5.74) is 0.695. The number of carbonyl (C=O) groups excluding carboxylic acids is 2. The second-order valence-corrected chi connectivity index (χ2v) is 2.11. The fourth-order valence-electron chi connectivity index (χ4n) is 0.364. The van der Waals surface area contributed by atoms with Crippen LogP contribution in [-0.4, -0.2) is 12.1 Å². The van der Waals surface area contributed by atoms with Crippen LogP contribution in [0.4, 0.5) is 0 Å². The second kappa shape index (κ2) is 4.39. The van der Waals surface area contributed by atoms with Crippen molar-refractivity contribution >= 4 is 12.1 Å². The maximum atomic E-state index is 10.6. The molecule has 0 rings (SSSR count). The van der Waals surface area contributed by atoms with Crippen LogP contribution in [0.1, 0.15) is 6.92 Å². The topological polar surface area (TPSA) is 34.1 Å². The standard InChI is InChI=1S/C9H10O2/c1-7(6-10)4-5-8(2)9(3)11/h4-6H,1-2H2,3H3/b5-4-. The van der Waals surface area contributed by atoms with Gasteiger partial charge in [-0.1, -0.05) is 25.3 Å². The summed E-state index contributed by atoms with van der Waals surface area (Å²) >= 11 is 0. The molecule has 0 fully saturated rings. The number of allylic oxidation sites excluding steroid dienone is 4. The average Bonchev–Trinajstić information content (AvgIpc) is 1.99. The van der Waals surface area contributed by atoms with Crippen LogP contribution in [0.5, 0.6) is 0 Å². The first-order chi connectivity index (χ1) is 5.07. The van der Waals surface area contributed by atoms with Crippen molar-refractivity contribution in [2.24, 2.45) is 0 Å². The van der Waals surface area contributed by atoms with Gasteiger partial charge in [0, 0.05) is 11.1 Å². The van der Waals surface area contributed by atoms with E-state index in [1.807, 2.05) is 0 Å². The van der Waals surface area contributed by atoms with Crippen molar-refractivity contribution in [2.45, 2.75) is 6.92 Å². The third-order valence-corrected chi connectivity index (χ3v) is 1.10. The van der Waals surface area contributed by atoms with Crippen molar-refractivity contribution in [2.75, 3.05) is 0 Å². The van der Waals surface area contributed by atoms with E-state index in [1.54, 1.807) is 0 Å². The number of hydrogen-bond donors (Lipinski definition) is 0. The van der Waals surface area contributed by atoms with E-state index in [0.29, 0.717) is 17.4 Å². The molecule has 0 unspecified atom stereocenters. The van der Waals surface area contributed by atoms with Gasteiger partial charge in [-0.15, -0.1) is 0 Å². The maximum Gasteiger partial charge on any atom is 0.159 e. The van der Waals surface area contributed by atoms with Gasteiger partial charge in [0.15, 0.2) is 5.78 Å². The first-order valence-electron chi connectivity index (χ1n) is 3.10. The van der Waals surface area contributed by atoms with Crippen LogP contribution in [0.25, 0.3) is 0 Å². The van der Waals surface area contributed by atoms with Gasteiger partial charge >= 0.3 is 0 Å². The van der Waals surface area contributed by atoms with Gasteiger partial charge in [-0.2, -0.15) is 0 Å². The molecule has 0 radical (unpaired) electrons. The number of ketones is 1. The Kier molecular flexibility index (Phi) is 3.81. The zero-order valence-corrected chi connectivity index (χ0v) is 6.46. The summed E-state index contributed by atoms with van der Waals surface area (Å²) in [6.07, 6.45) is 3.54. The molecule has 11 heavy (non-hydrogen) atoms. The summed E-state index contributed by atoms with van der Waals surface area (Å²) in [7, 11) is 0. The minimum atomic E-state index is -0.111. The van der Waals surface area contributed by atoms with E-state index in [1.165, 1.54) is 19.1 Å². The van der Waals surface area contributed by atoms with Gasteiger partial charge < -0.3 is 0 Å². The molecule has 0 amide bonds. The van der Waals surface area contributed by atoms with Crippen LogP contribution in [-0.2, 0) is 9.59 Å². The Labute approximate surface area is 65.9 Å². The normalized spacial score (nSPS) is 9.55. The minimum Gasteiger partial charge on any atom is -0.298 e. The lowest BCUT2D eigenvalue weighted by atomic mass is 10.2. The molecule has 0 aromatic carbocycles. The van der Waals surface area contributed by atoms with Crippen molar-refractivity contribution in [3.63, 3.8) is 0 Å². The third-order valence-electron chi connectivity index (χ3n) is 1.10. The largest absolute Gasteiger partial charge is 0.298 e. The maximum absolute atomic E-state index is 10.6. The summed E-state index contributed by atoms with van der Waals surface area (Å²) in [6, 6.07) is 0. The molecular weight excluding hydrogens is 140 g/mol. The van der Waals surface area contributed by atoms with Crippen LogP contribution >= 0.6 is 0 Å². The van der Waals surface area contributed by atoms with Crippen molar-refractivity contribution in [3.05, 3.63) is 36.5 Å². The molecule has 2 heteroatoms. The number of rotatable bonds is 4. The highest BCUT2D eigenvalue weighted by atomic mass is 16.1. The van der Waals surface area contributed by atoms with Gasteiger partial charge in [-0.25, -0.2) is 0 Å². The monoisotopic (exact) mass is 150 g/mol. The zero-order valence-electron chi connectivity index (χ0n) is 6.46. The quantitative estimate of drug-likeness (QED) is 0.345. The Morgan fingerprint density at radius 1 is 1.27 bits per heavy atom. The summed E-state index contributed by atoms with van der Waals surface area (Å²) in [5.74, 6) is -0.111. The van der Waals surface area contributed by atoms with E-state index in [0.717, 1.165) is 0 Å². The zero-order chi connectivity index (χ0) is 8.85. The van der Waals surface area contributed by atoms with Gasteiger partial charge in [-0.3, -0.25) is 9.59 Å². The highest BCUT2D eigenvalue weighted by Gasteiger charge is 1.93. The Morgan fingerprint density at radius 3 is 2.18 bits per heavy atom. The van der Waals surface area contributed by atoms with E-state index in [2.05, 4.69) is 13.2 Å². The first kappa shape index (κ1) is 9.56. The highest BCUT2D eigenvalue weighted by molar-refractivity contribution is 5.95. The molecule has 0 bridgehead atoms. The van der Waals surface area contributed by atoms with Gasteiger partial charge in [0.05, 0.1) is 0 Å². The lowest BCUT2D eigenvalue weighted by Gasteiger charge is -1.89. The molecule has 0 atom stereocenters. The van der Waals surface area contributed by atoms with Crippen LogP contribution in [0.15, 0.2) is 36.5 Å². The van der Waals surface area contributed by atoms with Gasteiger partial charge in [0.25, 0.3) is 0 Å². The lowest BCUT2D eigenvalue weighted by Crippen LogP contribution is -1.90. The number of carbonyl (C=O) groups is 2. The predicted molar refractivity (Wildman–Crippen MR) is 44.2 cm³/mol. The molecule has 0 heterocycles. The van der Waals surface area contributed by atoms with Crippen LogP contribution in [0.2, 0.25) is 0 Å². The molecule has 0 spiro atoms. The highest BCUT2D eigenvalue weighted by Crippen LogP contribution is 1.96. The Bertz CT molecular complexity index is 234. The Balaban J connectivity index is 4.14. The van der Waals surface area contributed by atoms with Crippen molar-refractivity contribution < 1.29 is 9.59 Å². The van der Waals surface area contributed by atoms with E-state index >= 15 is 0 Å². The van der Waals surface area contributed by atoms with Gasteiger partial charge in [0.1, 0.15) is 6.29 Å². The molecular formula is C9H10O2. The minimum absolute atomic E-state index is 0.111. The SMILES string of the molecule is C=C(C=O)/C=C\C(=C)C(C)=O. The Morgan fingerprint density at radius 2 is 1.82 bits per heavy atom. The average molecular weight is 150 g/mol. The number of aldehydes is 1. The van der Waals surface area contributed by atoms with Gasteiger partial charge in [0.2, 0.25) is 0 Å². The van der Waals surface area contributed by atoms with E-state index < -0.39 is 0 Å². The van der Waals surface area contributed by atoms with E-state index in [-0.39, 0.29) is 5.78 Å². The molecule has 58 valence electrons. The summed E-state index contributed by atoms with van der Waals surface area (Å²) in [6.45, 7) is 8.28. The Hall–Kier alpha value is -1.44. The molecule has 0 aromatic heterocycles. The fourth-order valence-corrected chi connectivity index (χ4v) is 0.364. The number of hydrogen-bond acceptors (Lipinski definition) is 2. The van der Waals surface area contributed by atoms with Crippen LogP contribution < -0.4 is 0 Å². The van der Waals surface area contributed by atoms with Crippen molar-refractivity contribution in [3.8, 4) is 0 Å². The molecule has 0 saturated carbocycles. The summed E-state index contributed by atoms with van der Waals surface area (Å²) in [5, 5.41) is 0. The van der Waals surface area contributed by atoms with Crippen molar-refractivity contribution in [1.82, 2.24) is 0 Å². The van der Waals surface area contributed by atoms with Crippen molar-refractivity contribution in [1.29, 1.82) is 0 Å². The molecule has 0 aliphatic rings. The van der Waals surface area contributed by atoms with E-state index in [9.17, 15) is 9.59 Å². The van der Waals surface area contributed by atoms with Crippen LogP contribution in [0.3, 0.4) is 0 Å². The molecule has 0 aromatic rings. The van der Waals surface area contributed by atoms with E-state index in [4.69, 9.17) is 0 Å². The first-order valence-corrected chi connectivity index (χ1v) is 3.10. The predicted octanol–water partition coefficient (Wildman–Crippen LogP) is 1.44. The fraction of sp³-hybridized carbons (Fsp3) is 0.111. The van der Waals surface area contributed by atoms with Gasteiger partial charge in [-0.05, 0) is 6.92 Å². The summed E-state index contributed by atoms with van der Waals surface area (Å²) < 4.78 is 0. The molecule has 2 nitrogen and oxygen atoms in total.